The lowest BCUT2D eigenvalue weighted by Crippen LogP contribution is -2.77. The lowest BCUT2D eigenvalue weighted by molar-refractivity contribution is -0.166. The molecule has 0 aliphatic carbocycles. The predicted octanol–water partition coefficient (Wildman–Crippen LogP) is 1.87. The maximum Gasteiger partial charge on any atom is 0.265 e. The number of benzene rings is 2. The highest BCUT2D eigenvalue weighted by Gasteiger charge is 2.78. The van der Waals surface area contributed by atoms with Crippen LogP contribution in [0.2, 0.25) is 0 Å². The van der Waals surface area contributed by atoms with Crippen LogP contribution in [0.3, 0.4) is 0 Å². The van der Waals surface area contributed by atoms with E-state index in [1.54, 1.807) is 26.0 Å². The second-order valence-corrected chi connectivity index (χ2v) is 18.3. The van der Waals surface area contributed by atoms with Crippen molar-refractivity contribution in [1.82, 2.24) is 24.2 Å². The second-order valence-electron chi connectivity index (χ2n) is 13.0. The molecule has 0 unspecified atom stereocenters. The Morgan fingerprint density at radius 1 is 0.766 bits per heavy atom. The number of amides is 4. The number of aliphatic hydroxyl groups is 2. The first-order chi connectivity index (χ1) is 22.5. The molecular formula is C31H30N6O6S4. The normalized spacial score (nSPS) is 36.8. The first kappa shape index (κ1) is 30.1. The molecule has 244 valence electrons. The molecule has 6 atom stereocenters. The number of rotatable bonds is 5. The summed E-state index contributed by atoms with van der Waals surface area (Å²) in [6, 6.07) is 15.8. The third kappa shape index (κ3) is 3.12. The molecule has 3 N–H and O–H groups in total. The van der Waals surface area contributed by atoms with Crippen LogP contribution in [0.25, 0.3) is 10.9 Å². The van der Waals surface area contributed by atoms with Crippen molar-refractivity contribution in [3.63, 3.8) is 0 Å². The number of hydrogen-bond acceptors (Lipinski definition) is 11. The third-order valence-electron chi connectivity index (χ3n) is 11.1. The first-order valence-electron chi connectivity index (χ1n) is 15.1. The van der Waals surface area contributed by atoms with Crippen molar-refractivity contribution < 1.29 is 29.4 Å². The van der Waals surface area contributed by atoms with Gasteiger partial charge < -0.3 is 34.8 Å². The summed E-state index contributed by atoms with van der Waals surface area (Å²) in [6.45, 7) is -0.994. The molecule has 1 spiro atoms. The molecule has 16 heteroatoms. The molecule has 11 rings (SSSR count). The minimum Gasteiger partial charge on any atom is -0.392 e. The molecule has 3 aromatic rings. The monoisotopic (exact) mass is 710 g/mol. The number of nitrogens with one attached hydrogen (secondary N) is 1. The molecule has 1 aromatic heterocycles. The number of para-hydroxylation sites is 2. The van der Waals surface area contributed by atoms with Crippen molar-refractivity contribution in [2.75, 3.05) is 39.7 Å². The van der Waals surface area contributed by atoms with E-state index in [9.17, 15) is 29.4 Å². The number of hydrogen-bond donors (Lipinski definition) is 3. The van der Waals surface area contributed by atoms with Crippen LogP contribution >= 0.6 is 43.2 Å². The van der Waals surface area contributed by atoms with Crippen LogP contribution in [0, 0.1) is 0 Å². The average Bonchev–Trinajstić information content (AvgIpc) is 3.71. The van der Waals surface area contributed by atoms with Crippen LogP contribution in [0.5, 0.6) is 0 Å². The SMILES string of the molecule is CN1C(=O)[C@@]23C[C@]4(n5cc(C[C@]67SS[C@](CO)(C(=O)N6C)N(C)C7=O)c6ccccc65)c5ccccc5N[C@@H]4N2C(=O)[C@]1(CO)SS3. The molecule has 47 heavy (non-hydrogen) atoms. The van der Waals surface area contributed by atoms with Crippen molar-refractivity contribution in [3.05, 3.63) is 65.9 Å². The van der Waals surface area contributed by atoms with Crippen molar-refractivity contribution in [2.45, 2.75) is 44.0 Å². The summed E-state index contributed by atoms with van der Waals surface area (Å²) < 4.78 is 2.16. The zero-order valence-electron chi connectivity index (χ0n) is 25.5. The van der Waals surface area contributed by atoms with Gasteiger partial charge >= 0.3 is 0 Å². The Kier molecular flexibility index (Phi) is 5.99. The number of piperazine rings is 2. The highest BCUT2D eigenvalue weighted by atomic mass is 33.1. The lowest BCUT2D eigenvalue weighted by Gasteiger charge is -2.58. The van der Waals surface area contributed by atoms with E-state index in [1.807, 2.05) is 54.7 Å². The molecule has 7 saturated heterocycles. The van der Waals surface area contributed by atoms with Crippen molar-refractivity contribution in [2.24, 2.45) is 0 Å². The Balaban J connectivity index is 1.25. The average molecular weight is 711 g/mol. The van der Waals surface area contributed by atoms with E-state index in [0.29, 0.717) is 0 Å². The van der Waals surface area contributed by atoms with Gasteiger partial charge in [0.2, 0.25) is 9.74 Å². The topological polar surface area (TPSA) is 139 Å². The number of carbonyl (C=O) groups excluding carboxylic acids is 4. The largest absolute Gasteiger partial charge is 0.392 e. The number of fused-ring (bicyclic) bond motifs is 9. The van der Waals surface area contributed by atoms with Gasteiger partial charge in [0.1, 0.15) is 11.7 Å². The first-order valence-corrected chi connectivity index (χ1v) is 19.4. The fourth-order valence-electron chi connectivity index (χ4n) is 8.49. The third-order valence-corrected chi connectivity index (χ3v) is 18.4. The van der Waals surface area contributed by atoms with Crippen molar-refractivity contribution in [3.8, 4) is 0 Å². The predicted molar refractivity (Wildman–Crippen MR) is 182 cm³/mol. The molecule has 0 saturated carbocycles. The molecule has 2 aromatic carbocycles. The minimum atomic E-state index is -1.43. The standard InChI is InChI=1S/C31H30N6O6S4/c1-33-25(42)30(15-38)34(2)23(40)28(33,44-46-30)12-17-13-36(21-11-7-4-8-18(17)21)27-14-29-24(41)35(3)31(16-39,47-45-29)26(43)37(29)22(27)32-20-10-6-5-9-19(20)27/h4-11,13,22,32,38-39H,12,14-16H2,1-3H3/t22-,27+,28-,29+,30-,31+/m1/s1. The smallest absolute Gasteiger partial charge is 0.265 e. The fourth-order valence-corrected chi connectivity index (χ4v) is 15.7. The number of carbonyl (C=O) groups is 4. The summed E-state index contributed by atoms with van der Waals surface area (Å²) in [5.41, 5.74) is 2.55. The van der Waals surface area contributed by atoms with Gasteiger partial charge in [-0.15, -0.1) is 0 Å². The molecule has 4 amide bonds. The second kappa shape index (κ2) is 9.36. The number of nitrogens with zero attached hydrogens (tertiary/aromatic N) is 5. The summed E-state index contributed by atoms with van der Waals surface area (Å²) in [6.07, 6.45) is 1.85. The quantitative estimate of drug-likeness (QED) is 0.335. The van der Waals surface area contributed by atoms with Gasteiger partial charge in [0, 0.05) is 62.3 Å². The Labute approximate surface area is 285 Å². The number of likely N-dealkylation sites (N-methyl/N-ethyl adjacent to an activating group) is 3. The lowest BCUT2D eigenvalue weighted by atomic mass is 9.86. The van der Waals surface area contributed by atoms with E-state index in [-0.39, 0.29) is 36.5 Å². The van der Waals surface area contributed by atoms with Crippen LogP contribution in [-0.2, 0) is 31.1 Å². The van der Waals surface area contributed by atoms with E-state index in [4.69, 9.17) is 0 Å². The highest BCUT2D eigenvalue weighted by Crippen LogP contribution is 2.69. The van der Waals surface area contributed by atoms with E-state index < -0.39 is 44.4 Å². The molecular weight excluding hydrogens is 681 g/mol. The van der Waals surface area contributed by atoms with Crippen LogP contribution in [0.1, 0.15) is 17.5 Å². The Hall–Kier alpha value is -3.02. The van der Waals surface area contributed by atoms with E-state index in [1.165, 1.54) is 57.9 Å². The van der Waals surface area contributed by atoms with Crippen LogP contribution in [0.15, 0.2) is 54.7 Å². The minimum absolute atomic E-state index is 0.203. The van der Waals surface area contributed by atoms with E-state index in [2.05, 4.69) is 9.88 Å². The summed E-state index contributed by atoms with van der Waals surface area (Å²) in [5, 5.41) is 25.2. The maximum absolute atomic E-state index is 14.4. The van der Waals surface area contributed by atoms with Crippen molar-refractivity contribution >= 4 is 83.4 Å². The molecule has 4 bridgehead atoms. The summed E-state index contributed by atoms with van der Waals surface area (Å²) in [4.78, 5) is 57.1. The summed E-state index contributed by atoms with van der Waals surface area (Å²) >= 11 is 0. The van der Waals surface area contributed by atoms with Gasteiger partial charge in [0.15, 0.2) is 9.74 Å². The Morgan fingerprint density at radius 3 is 2.13 bits per heavy atom. The molecule has 12 nitrogen and oxygen atoms in total. The van der Waals surface area contributed by atoms with Gasteiger partial charge in [-0.3, -0.25) is 24.1 Å². The van der Waals surface area contributed by atoms with E-state index in [0.717, 1.165) is 27.7 Å². The Morgan fingerprint density at radius 2 is 1.36 bits per heavy atom. The Bertz CT molecular complexity index is 1980. The molecule has 8 aliphatic rings. The molecule has 0 radical (unpaired) electrons. The molecule has 8 aliphatic heterocycles. The zero-order valence-corrected chi connectivity index (χ0v) is 28.8. The highest BCUT2D eigenvalue weighted by molar-refractivity contribution is 8.78. The zero-order chi connectivity index (χ0) is 32.9. The van der Waals surface area contributed by atoms with Gasteiger partial charge in [0.05, 0.1) is 13.2 Å². The number of aromatic nitrogens is 1. The van der Waals surface area contributed by atoms with Crippen LogP contribution in [-0.4, -0.2) is 118 Å². The van der Waals surface area contributed by atoms with Crippen LogP contribution < -0.4 is 5.32 Å². The molecule has 9 heterocycles. The van der Waals surface area contributed by atoms with Gasteiger partial charge in [-0.1, -0.05) is 58.0 Å². The number of anilines is 1. The molecule has 7 fully saturated rings. The fraction of sp³-hybridized carbons (Fsp3) is 0.419. The van der Waals surface area contributed by atoms with Crippen LogP contribution in [0.4, 0.5) is 5.69 Å². The maximum atomic E-state index is 14.4. The van der Waals surface area contributed by atoms with Gasteiger partial charge in [-0.2, -0.15) is 0 Å². The van der Waals surface area contributed by atoms with E-state index >= 15 is 0 Å². The summed E-state index contributed by atoms with van der Waals surface area (Å²) in [7, 11) is 9.90. The number of aliphatic hydroxyl groups excluding tert-OH is 2. The van der Waals surface area contributed by atoms with Gasteiger partial charge in [-0.25, -0.2) is 0 Å². The van der Waals surface area contributed by atoms with Gasteiger partial charge in [0.25, 0.3) is 23.6 Å². The summed E-state index contributed by atoms with van der Waals surface area (Å²) in [5.74, 6) is -1.11. The van der Waals surface area contributed by atoms with Crippen molar-refractivity contribution in [1.29, 1.82) is 0 Å². The van der Waals surface area contributed by atoms with Gasteiger partial charge in [-0.05, 0) is 39.3 Å².